The molecule has 0 saturated heterocycles. The van der Waals surface area contributed by atoms with Gasteiger partial charge in [0.15, 0.2) is 5.96 Å². The number of benzene rings is 1. The number of aliphatic imine (C=N–C) groups is 1. The van der Waals surface area contributed by atoms with E-state index in [9.17, 15) is 0 Å². The van der Waals surface area contributed by atoms with E-state index in [-0.39, 0.29) is 29.6 Å². The smallest absolute Gasteiger partial charge is 0.191 e. The molecule has 0 unspecified atom stereocenters. The Balaban J connectivity index is 0.00000529. The Bertz CT molecular complexity index is 478. The second-order valence-corrected chi connectivity index (χ2v) is 5.86. The van der Waals surface area contributed by atoms with Gasteiger partial charge in [-0.25, -0.2) is 0 Å². The number of hydrogen-bond acceptors (Lipinski definition) is 4. The number of rotatable bonds is 9. The summed E-state index contributed by atoms with van der Waals surface area (Å²) in [6.07, 6.45) is 0. The van der Waals surface area contributed by atoms with E-state index in [2.05, 4.69) is 45.2 Å². The Hall–Kier alpha value is -1.06. The zero-order valence-electron chi connectivity index (χ0n) is 15.3. The lowest BCUT2D eigenvalue weighted by molar-refractivity contribution is 0.0268. The molecule has 1 rings (SSSR count). The van der Waals surface area contributed by atoms with Gasteiger partial charge in [-0.15, -0.1) is 24.0 Å². The minimum atomic E-state index is -0.229. The average molecular weight is 450 g/mol. The van der Waals surface area contributed by atoms with Crippen LogP contribution in [0.2, 0.25) is 0 Å². The summed E-state index contributed by atoms with van der Waals surface area (Å²) in [4.78, 5) is 4.22. The molecular weight excluding hydrogens is 419 g/mol. The van der Waals surface area contributed by atoms with Crippen LogP contribution >= 0.6 is 24.0 Å². The predicted octanol–water partition coefficient (Wildman–Crippen LogP) is 2.45. The summed E-state index contributed by atoms with van der Waals surface area (Å²) in [5.41, 5.74) is 2.05. The zero-order valence-corrected chi connectivity index (χ0v) is 17.6. The SMILES string of the molecule is CN=C(NCc1ccc(NCCOC)cc1)NCC(C)(C)OC.I. The largest absolute Gasteiger partial charge is 0.383 e. The standard InChI is InChI=1S/C17H30N4O2.HI/c1-17(2,23-5)13-21-16(18-3)20-12-14-6-8-15(9-7-14)19-10-11-22-4;/h6-9,19H,10-13H2,1-5H3,(H2,18,20,21);1H. The maximum absolute atomic E-state index is 5.39. The van der Waals surface area contributed by atoms with Gasteiger partial charge in [-0.3, -0.25) is 4.99 Å². The molecule has 0 atom stereocenters. The van der Waals surface area contributed by atoms with Crippen LogP contribution < -0.4 is 16.0 Å². The van der Waals surface area contributed by atoms with Crippen LogP contribution in [-0.2, 0) is 16.0 Å². The fourth-order valence-corrected chi connectivity index (χ4v) is 1.81. The lowest BCUT2D eigenvalue weighted by Gasteiger charge is -2.24. The number of nitrogens with zero attached hydrogens (tertiary/aromatic N) is 1. The van der Waals surface area contributed by atoms with Crippen LogP contribution in [0, 0.1) is 0 Å². The van der Waals surface area contributed by atoms with Crippen LogP contribution in [0.4, 0.5) is 5.69 Å². The highest BCUT2D eigenvalue weighted by Gasteiger charge is 2.16. The van der Waals surface area contributed by atoms with Gasteiger partial charge in [0.2, 0.25) is 0 Å². The molecule has 0 saturated carbocycles. The molecule has 24 heavy (non-hydrogen) atoms. The van der Waals surface area contributed by atoms with Crippen molar-refractivity contribution >= 4 is 35.6 Å². The molecule has 6 nitrogen and oxygen atoms in total. The van der Waals surface area contributed by atoms with Crippen molar-refractivity contribution in [3.05, 3.63) is 29.8 Å². The van der Waals surface area contributed by atoms with E-state index in [1.165, 1.54) is 5.56 Å². The fraction of sp³-hybridized carbons (Fsp3) is 0.588. The van der Waals surface area contributed by atoms with E-state index in [0.717, 1.165) is 18.2 Å². The Morgan fingerprint density at radius 2 is 1.79 bits per heavy atom. The van der Waals surface area contributed by atoms with Crippen LogP contribution in [0.3, 0.4) is 0 Å². The van der Waals surface area contributed by atoms with Crippen molar-refractivity contribution in [1.29, 1.82) is 0 Å². The Morgan fingerprint density at radius 3 is 2.33 bits per heavy atom. The first kappa shape index (κ1) is 22.9. The van der Waals surface area contributed by atoms with Crippen molar-refractivity contribution in [1.82, 2.24) is 10.6 Å². The molecule has 0 radical (unpaired) electrons. The molecule has 0 aliphatic heterocycles. The topological polar surface area (TPSA) is 66.9 Å². The third-order valence-electron chi connectivity index (χ3n) is 3.51. The van der Waals surface area contributed by atoms with Crippen molar-refractivity contribution in [2.75, 3.05) is 46.3 Å². The highest BCUT2D eigenvalue weighted by atomic mass is 127. The van der Waals surface area contributed by atoms with E-state index in [1.807, 2.05) is 13.8 Å². The highest BCUT2D eigenvalue weighted by Crippen LogP contribution is 2.09. The second kappa shape index (κ2) is 12.3. The highest BCUT2D eigenvalue weighted by molar-refractivity contribution is 14.0. The summed E-state index contributed by atoms with van der Waals surface area (Å²) >= 11 is 0. The number of methoxy groups -OCH3 is 2. The molecule has 0 aliphatic carbocycles. The van der Waals surface area contributed by atoms with Gasteiger partial charge in [0.25, 0.3) is 0 Å². The molecule has 1 aromatic carbocycles. The first-order valence-corrected chi connectivity index (χ1v) is 7.82. The maximum atomic E-state index is 5.39. The van der Waals surface area contributed by atoms with Crippen molar-refractivity contribution in [3.63, 3.8) is 0 Å². The Morgan fingerprint density at radius 1 is 1.12 bits per heavy atom. The number of nitrogens with one attached hydrogen (secondary N) is 3. The minimum Gasteiger partial charge on any atom is -0.383 e. The van der Waals surface area contributed by atoms with E-state index in [4.69, 9.17) is 9.47 Å². The lowest BCUT2D eigenvalue weighted by atomic mass is 10.1. The summed E-state index contributed by atoms with van der Waals surface area (Å²) in [7, 11) is 5.17. The molecular formula is C17H31IN4O2. The first-order valence-electron chi connectivity index (χ1n) is 7.82. The van der Waals surface area contributed by atoms with Gasteiger partial charge in [0.05, 0.1) is 12.2 Å². The summed E-state index contributed by atoms with van der Waals surface area (Å²) < 4.78 is 10.4. The molecule has 0 bridgehead atoms. The molecule has 1 aromatic rings. The number of hydrogen-bond donors (Lipinski definition) is 3. The molecule has 3 N–H and O–H groups in total. The van der Waals surface area contributed by atoms with E-state index in [0.29, 0.717) is 19.7 Å². The maximum Gasteiger partial charge on any atom is 0.191 e. The molecule has 0 amide bonds. The number of anilines is 1. The summed E-state index contributed by atoms with van der Waals surface area (Å²) in [5.74, 6) is 0.762. The van der Waals surface area contributed by atoms with Crippen LogP contribution in [-0.4, -0.2) is 52.5 Å². The fourth-order valence-electron chi connectivity index (χ4n) is 1.81. The summed E-state index contributed by atoms with van der Waals surface area (Å²) in [6, 6.07) is 8.32. The van der Waals surface area contributed by atoms with Gasteiger partial charge < -0.3 is 25.4 Å². The molecule has 0 heterocycles. The normalized spacial score (nSPS) is 11.6. The van der Waals surface area contributed by atoms with Crippen LogP contribution in [0.1, 0.15) is 19.4 Å². The van der Waals surface area contributed by atoms with E-state index in [1.54, 1.807) is 21.3 Å². The van der Waals surface area contributed by atoms with E-state index < -0.39 is 0 Å². The summed E-state index contributed by atoms with van der Waals surface area (Å²) in [5, 5.41) is 9.86. The molecule has 0 aliphatic rings. The van der Waals surface area contributed by atoms with Gasteiger partial charge in [0.1, 0.15) is 0 Å². The van der Waals surface area contributed by atoms with Gasteiger partial charge in [-0.05, 0) is 31.5 Å². The van der Waals surface area contributed by atoms with E-state index >= 15 is 0 Å². The quantitative estimate of drug-likeness (QED) is 0.234. The van der Waals surface area contributed by atoms with Crippen molar-refractivity contribution in [2.24, 2.45) is 4.99 Å². The van der Waals surface area contributed by atoms with Gasteiger partial charge >= 0.3 is 0 Å². The zero-order chi connectivity index (χ0) is 17.1. The van der Waals surface area contributed by atoms with Gasteiger partial charge in [-0.2, -0.15) is 0 Å². The second-order valence-electron chi connectivity index (χ2n) is 5.86. The minimum absolute atomic E-state index is 0. The lowest BCUT2D eigenvalue weighted by Crippen LogP contribution is -2.45. The third kappa shape index (κ3) is 9.29. The molecule has 7 heteroatoms. The number of ether oxygens (including phenoxy) is 2. The Kier molecular flexibility index (Phi) is 11.8. The summed E-state index contributed by atoms with van der Waals surface area (Å²) in [6.45, 7) is 6.96. The van der Waals surface area contributed by atoms with Crippen LogP contribution in [0.5, 0.6) is 0 Å². The number of guanidine groups is 1. The van der Waals surface area contributed by atoms with Gasteiger partial charge in [0, 0.05) is 46.6 Å². The van der Waals surface area contributed by atoms with Crippen molar-refractivity contribution in [2.45, 2.75) is 26.0 Å². The average Bonchev–Trinajstić information content (AvgIpc) is 2.56. The molecule has 138 valence electrons. The van der Waals surface area contributed by atoms with Gasteiger partial charge in [-0.1, -0.05) is 12.1 Å². The van der Waals surface area contributed by atoms with Crippen molar-refractivity contribution < 1.29 is 9.47 Å². The van der Waals surface area contributed by atoms with Crippen molar-refractivity contribution in [3.8, 4) is 0 Å². The van der Waals surface area contributed by atoms with Crippen LogP contribution in [0.25, 0.3) is 0 Å². The number of halogens is 1. The molecule has 0 fully saturated rings. The predicted molar refractivity (Wildman–Crippen MR) is 112 cm³/mol. The monoisotopic (exact) mass is 450 g/mol. The molecule has 0 spiro atoms. The molecule has 0 aromatic heterocycles. The third-order valence-corrected chi connectivity index (χ3v) is 3.51. The first-order chi connectivity index (χ1) is 11.0. The van der Waals surface area contributed by atoms with Crippen LogP contribution in [0.15, 0.2) is 29.3 Å². The Labute approximate surface area is 162 Å².